The SMILES string of the molecule is CC1(C)C2=NC(=Nc3ccc([nH]3)C(C)(C)C3=NC(=Nc4ccc1[nH]4)N=C3)N=C2. The maximum atomic E-state index is 4.63. The van der Waals surface area contributed by atoms with Crippen LogP contribution in [0, 0.1) is 0 Å². The number of fused-ring (bicyclic) bond motifs is 6. The molecule has 0 atom stereocenters. The molecule has 140 valence electrons. The van der Waals surface area contributed by atoms with Crippen molar-refractivity contribution in [3.63, 3.8) is 0 Å². The summed E-state index contributed by atoms with van der Waals surface area (Å²) in [5.41, 5.74) is 2.91. The van der Waals surface area contributed by atoms with Crippen LogP contribution in [0.15, 0.2) is 54.2 Å². The Morgan fingerprint density at radius 1 is 0.607 bits per heavy atom. The summed E-state index contributed by atoms with van der Waals surface area (Å²) in [6.07, 6.45) is 3.54. The summed E-state index contributed by atoms with van der Waals surface area (Å²) in [5.74, 6) is 2.29. The third-order valence-electron chi connectivity index (χ3n) is 5.46. The molecule has 0 radical (unpaired) electrons. The first-order chi connectivity index (χ1) is 13.3. The minimum Gasteiger partial charge on any atom is -0.343 e. The molecule has 3 aliphatic rings. The predicted molar refractivity (Wildman–Crippen MR) is 114 cm³/mol. The van der Waals surface area contributed by atoms with E-state index in [1.807, 2.05) is 24.3 Å². The second-order valence-electron chi connectivity index (χ2n) is 8.10. The van der Waals surface area contributed by atoms with Crippen LogP contribution in [0.3, 0.4) is 0 Å². The van der Waals surface area contributed by atoms with Gasteiger partial charge in [0, 0.05) is 22.2 Å². The molecule has 3 aliphatic heterocycles. The molecule has 0 fully saturated rings. The number of rotatable bonds is 0. The molecule has 0 unspecified atom stereocenters. The molecule has 0 aliphatic carbocycles. The van der Waals surface area contributed by atoms with Crippen LogP contribution >= 0.6 is 0 Å². The molecule has 2 N–H and O–H groups in total. The van der Waals surface area contributed by atoms with E-state index in [0.29, 0.717) is 23.6 Å². The van der Waals surface area contributed by atoms with Crippen LogP contribution in [0.2, 0.25) is 0 Å². The van der Waals surface area contributed by atoms with Gasteiger partial charge in [-0.15, -0.1) is 0 Å². The Morgan fingerprint density at radius 3 is 1.46 bits per heavy atom. The molecular weight excluding hydrogens is 352 g/mol. The van der Waals surface area contributed by atoms with Gasteiger partial charge in [-0.25, -0.2) is 20.0 Å². The zero-order valence-corrected chi connectivity index (χ0v) is 16.1. The molecular formula is C20H20N8. The van der Waals surface area contributed by atoms with Gasteiger partial charge in [0.1, 0.15) is 11.6 Å². The van der Waals surface area contributed by atoms with Gasteiger partial charge in [-0.3, -0.25) is 0 Å². The van der Waals surface area contributed by atoms with Crippen LogP contribution in [-0.4, -0.2) is 45.7 Å². The maximum absolute atomic E-state index is 4.63. The van der Waals surface area contributed by atoms with Crippen molar-refractivity contribution >= 4 is 47.4 Å². The van der Waals surface area contributed by atoms with Crippen LogP contribution in [0.5, 0.6) is 0 Å². The summed E-state index contributed by atoms with van der Waals surface area (Å²) in [5, 5.41) is 0. The minimum atomic E-state index is -0.369. The lowest BCUT2D eigenvalue weighted by Gasteiger charge is -2.22. The van der Waals surface area contributed by atoms with Crippen molar-refractivity contribution in [3.05, 3.63) is 35.7 Å². The van der Waals surface area contributed by atoms with Crippen molar-refractivity contribution in [1.82, 2.24) is 9.97 Å². The number of hydrogen-bond donors (Lipinski definition) is 2. The summed E-state index contributed by atoms with van der Waals surface area (Å²) in [6.45, 7) is 8.36. The zero-order chi connectivity index (χ0) is 19.5. The molecule has 0 saturated carbocycles. The highest BCUT2D eigenvalue weighted by Crippen LogP contribution is 2.31. The molecule has 5 rings (SSSR count). The lowest BCUT2D eigenvalue weighted by molar-refractivity contribution is 0.702. The zero-order valence-electron chi connectivity index (χ0n) is 16.1. The lowest BCUT2D eigenvalue weighted by Crippen LogP contribution is -2.29. The summed E-state index contributed by atoms with van der Waals surface area (Å²) in [6, 6.07) is 7.86. The van der Waals surface area contributed by atoms with E-state index in [1.54, 1.807) is 12.4 Å². The molecule has 28 heavy (non-hydrogen) atoms. The van der Waals surface area contributed by atoms with Crippen LogP contribution < -0.4 is 0 Å². The van der Waals surface area contributed by atoms with Crippen molar-refractivity contribution in [3.8, 4) is 0 Å². The van der Waals surface area contributed by atoms with Gasteiger partial charge >= 0.3 is 0 Å². The van der Waals surface area contributed by atoms with Gasteiger partial charge in [-0.1, -0.05) is 0 Å². The Labute approximate surface area is 162 Å². The van der Waals surface area contributed by atoms with Crippen LogP contribution in [0.4, 0.5) is 11.6 Å². The number of nitrogens with one attached hydrogen (secondary N) is 2. The van der Waals surface area contributed by atoms with E-state index >= 15 is 0 Å². The average molecular weight is 372 g/mol. The highest BCUT2D eigenvalue weighted by atomic mass is 15.2. The van der Waals surface area contributed by atoms with Crippen molar-refractivity contribution in [2.24, 2.45) is 30.0 Å². The minimum absolute atomic E-state index is 0.369. The molecule has 8 bridgehead atoms. The Hall–Kier alpha value is -3.42. The van der Waals surface area contributed by atoms with Gasteiger partial charge in [-0.2, -0.15) is 9.98 Å². The normalized spacial score (nSPS) is 21.3. The summed E-state index contributed by atoms with van der Waals surface area (Å²) in [4.78, 5) is 33.9. The van der Waals surface area contributed by atoms with Gasteiger partial charge in [0.2, 0.25) is 0 Å². The second-order valence-corrected chi connectivity index (χ2v) is 8.10. The second kappa shape index (κ2) is 5.54. The molecule has 0 saturated heterocycles. The van der Waals surface area contributed by atoms with E-state index in [4.69, 9.17) is 0 Å². The first kappa shape index (κ1) is 16.7. The summed E-state index contributed by atoms with van der Waals surface area (Å²) < 4.78 is 0. The average Bonchev–Trinajstić information content (AvgIpc) is 3.42. The van der Waals surface area contributed by atoms with E-state index in [-0.39, 0.29) is 10.8 Å². The molecule has 5 heterocycles. The highest BCUT2D eigenvalue weighted by Gasteiger charge is 2.32. The molecule has 8 nitrogen and oxygen atoms in total. The summed E-state index contributed by atoms with van der Waals surface area (Å²) >= 11 is 0. The van der Waals surface area contributed by atoms with Crippen molar-refractivity contribution in [2.75, 3.05) is 0 Å². The van der Waals surface area contributed by atoms with E-state index in [9.17, 15) is 0 Å². The fourth-order valence-electron chi connectivity index (χ4n) is 3.40. The van der Waals surface area contributed by atoms with Crippen LogP contribution in [0.1, 0.15) is 39.1 Å². The Kier molecular flexibility index (Phi) is 3.31. The van der Waals surface area contributed by atoms with Gasteiger partial charge in [0.25, 0.3) is 11.9 Å². The predicted octanol–water partition coefficient (Wildman–Crippen LogP) is 3.64. The fourth-order valence-corrected chi connectivity index (χ4v) is 3.40. The van der Waals surface area contributed by atoms with E-state index in [1.165, 1.54) is 0 Å². The topological polar surface area (TPSA) is 106 Å². The van der Waals surface area contributed by atoms with Crippen LogP contribution in [-0.2, 0) is 10.8 Å². The highest BCUT2D eigenvalue weighted by molar-refractivity contribution is 6.41. The number of guanidine groups is 2. The quantitative estimate of drug-likeness (QED) is 0.705. The Balaban J connectivity index is 1.70. The molecule has 0 aromatic carbocycles. The molecule has 2 aromatic heterocycles. The number of H-pyrrole nitrogens is 2. The monoisotopic (exact) mass is 372 g/mol. The Morgan fingerprint density at radius 2 is 1.04 bits per heavy atom. The first-order valence-corrected chi connectivity index (χ1v) is 9.15. The van der Waals surface area contributed by atoms with Crippen molar-refractivity contribution < 1.29 is 0 Å². The first-order valence-electron chi connectivity index (χ1n) is 9.15. The van der Waals surface area contributed by atoms with Crippen molar-refractivity contribution in [2.45, 2.75) is 38.5 Å². The Bertz CT molecular complexity index is 1070. The number of aromatic amines is 2. The maximum Gasteiger partial charge on any atom is 0.251 e. The smallest absolute Gasteiger partial charge is 0.251 e. The van der Waals surface area contributed by atoms with Crippen LogP contribution in [0.25, 0.3) is 0 Å². The molecule has 0 spiro atoms. The number of aromatic nitrogens is 2. The molecule has 8 heteroatoms. The fraction of sp³-hybridized carbons (Fsp3) is 0.300. The lowest BCUT2D eigenvalue weighted by atomic mass is 9.84. The largest absolute Gasteiger partial charge is 0.343 e. The third-order valence-corrected chi connectivity index (χ3v) is 5.46. The number of aliphatic imine (C=N–C) groups is 6. The van der Waals surface area contributed by atoms with Crippen molar-refractivity contribution in [1.29, 1.82) is 0 Å². The standard InChI is InChI=1S/C20H20N8/c1-19(2)11-5-7-15(23-11)27-18-22-10-14(26-18)20(3,4)12-6-8-16(24-12)28-17-21-9-13(19)25-17/h5-10,23-24H,1-4H3. The van der Waals surface area contributed by atoms with Gasteiger partial charge < -0.3 is 9.97 Å². The van der Waals surface area contributed by atoms with E-state index in [2.05, 4.69) is 67.6 Å². The molecule has 0 amide bonds. The van der Waals surface area contributed by atoms with E-state index < -0.39 is 0 Å². The summed E-state index contributed by atoms with van der Waals surface area (Å²) in [7, 11) is 0. The number of hydrogen-bond acceptors (Lipinski definition) is 6. The van der Waals surface area contributed by atoms with Gasteiger partial charge in [0.05, 0.1) is 23.9 Å². The van der Waals surface area contributed by atoms with E-state index in [0.717, 1.165) is 22.8 Å². The number of nitrogens with zero attached hydrogens (tertiary/aromatic N) is 6. The van der Waals surface area contributed by atoms with Gasteiger partial charge in [-0.05, 0) is 52.0 Å². The third kappa shape index (κ3) is 2.52. The van der Waals surface area contributed by atoms with Gasteiger partial charge in [0.15, 0.2) is 0 Å². The molecule has 2 aromatic rings.